The van der Waals surface area contributed by atoms with Gasteiger partial charge in [-0.2, -0.15) is 0 Å². The van der Waals surface area contributed by atoms with Crippen LogP contribution in [0, 0.1) is 11.5 Å². The molecule has 0 aromatic carbocycles. The number of halogens is 1. The fourth-order valence-electron chi connectivity index (χ4n) is 2.68. The van der Waals surface area contributed by atoms with Gasteiger partial charge in [0.1, 0.15) is 14.2 Å². The predicted molar refractivity (Wildman–Crippen MR) is 75.6 cm³/mol. The van der Waals surface area contributed by atoms with E-state index in [2.05, 4.69) is 53.0 Å². The van der Waals surface area contributed by atoms with Gasteiger partial charge in [0.15, 0.2) is 0 Å². The zero-order valence-corrected chi connectivity index (χ0v) is 13.1. The van der Waals surface area contributed by atoms with E-state index in [1.165, 1.54) is 0 Å². The molecule has 0 unspecified atom stereocenters. The molecule has 0 saturated heterocycles. The third-order valence-electron chi connectivity index (χ3n) is 3.47. The zero-order valence-electron chi connectivity index (χ0n) is 11.3. The molecule has 0 aliphatic heterocycles. The maximum atomic E-state index is 9.48. The molecule has 0 rings (SSSR count). The SMILES string of the molecule is CC(C)[Si](C#C[C@H](O)CCl)(C(C)C)C(C)C. The van der Waals surface area contributed by atoms with Gasteiger partial charge in [-0.05, 0) is 16.6 Å². The van der Waals surface area contributed by atoms with Crippen molar-refractivity contribution in [3.8, 4) is 11.5 Å². The summed E-state index contributed by atoms with van der Waals surface area (Å²) >= 11 is 5.58. The van der Waals surface area contributed by atoms with Crippen molar-refractivity contribution in [2.75, 3.05) is 5.88 Å². The predicted octanol–water partition coefficient (Wildman–Crippen LogP) is 3.81. The summed E-state index contributed by atoms with van der Waals surface area (Å²) in [5.74, 6) is 3.15. The van der Waals surface area contributed by atoms with Crippen molar-refractivity contribution in [1.29, 1.82) is 0 Å². The molecule has 0 aliphatic rings. The summed E-state index contributed by atoms with van der Waals surface area (Å²) in [4.78, 5) is 0. The summed E-state index contributed by atoms with van der Waals surface area (Å²) in [5.41, 5.74) is 5.24. The van der Waals surface area contributed by atoms with Gasteiger partial charge in [-0.1, -0.05) is 47.5 Å². The molecular formula is C13H25ClOSi. The standard InChI is InChI=1S/C13H25ClOSi/c1-10(2)16(11(3)4,12(5)6)8-7-13(15)9-14/h10-13,15H,9H2,1-6H3/t13-/m0/s1. The highest BCUT2D eigenvalue weighted by Crippen LogP contribution is 2.40. The minimum absolute atomic E-state index is 0.200. The average molecular weight is 261 g/mol. The van der Waals surface area contributed by atoms with Crippen molar-refractivity contribution in [3.05, 3.63) is 0 Å². The van der Waals surface area contributed by atoms with Crippen LogP contribution in [0.15, 0.2) is 0 Å². The Labute approximate surface area is 107 Å². The van der Waals surface area contributed by atoms with E-state index in [0.29, 0.717) is 16.6 Å². The Kier molecular flexibility index (Phi) is 6.70. The first-order chi connectivity index (χ1) is 7.28. The number of rotatable bonds is 4. The Hall–Kier alpha value is 0.0269. The van der Waals surface area contributed by atoms with Crippen molar-refractivity contribution in [1.82, 2.24) is 0 Å². The summed E-state index contributed by atoms with van der Waals surface area (Å²) < 4.78 is 0. The quantitative estimate of drug-likeness (QED) is 0.463. The molecule has 0 spiro atoms. The number of aliphatic hydroxyl groups excluding tert-OH is 1. The number of alkyl halides is 1. The highest BCUT2D eigenvalue weighted by atomic mass is 35.5. The van der Waals surface area contributed by atoms with E-state index < -0.39 is 14.2 Å². The number of aliphatic hydroxyl groups is 1. The summed E-state index contributed by atoms with van der Waals surface area (Å²) in [5, 5.41) is 9.48. The largest absolute Gasteiger partial charge is 0.379 e. The van der Waals surface area contributed by atoms with Crippen LogP contribution in [0.5, 0.6) is 0 Å². The molecule has 0 saturated carbocycles. The van der Waals surface area contributed by atoms with Gasteiger partial charge >= 0.3 is 0 Å². The Morgan fingerprint density at radius 1 is 1.00 bits per heavy atom. The van der Waals surface area contributed by atoms with Gasteiger partial charge in [0, 0.05) is 0 Å². The van der Waals surface area contributed by atoms with Crippen LogP contribution in [0.3, 0.4) is 0 Å². The molecule has 1 N–H and O–H groups in total. The molecule has 3 heteroatoms. The topological polar surface area (TPSA) is 20.2 Å². The molecule has 0 amide bonds. The minimum atomic E-state index is -1.69. The van der Waals surface area contributed by atoms with Gasteiger partial charge in [-0.25, -0.2) is 0 Å². The van der Waals surface area contributed by atoms with E-state index in [4.69, 9.17) is 11.6 Å². The fourth-order valence-corrected chi connectivity index (χ4v) is 8.04. The Bertz CT molecular complexity index is 241. The number of hydrogen-bond acceptors (Lipinski definition) is 1. The lowest BCUT2D eigenvalue weighted by atomic mass is 10.4. The van der Waals surface area contributed by atoms with E-state index in [0.717, 1.165) is 0 Å². The van der Waals surface area contributed by atoms with Gasteiger partial charge in [0.05, 0.1) is 5.88 Å². The monoisotopic (exact) mass is 260 g/mol. The molecule has 1 atom stereocenters. The Balaban J connectivity index is 5.26. The van der Waals surface area contributed by atoms with Crippen molar-refractivity contribution in [3.63, 3.8) is 0 Å². The summed E-state index contributed by atoms with van der Waals surface area (Å²) in [6.45, 7) is 13.5. The molecule has 1 nitrogen and oxygen atoms in total. The van der Waals surface area contributed by atoms with Crippen molar-refractivity contribution in [2.24, 2.45) is 0 Å². The molecule has 16 heavy (non-hydrogen) atoms. The van der Waals surface area contributed by atoms with Crippen LogP contribution in [-0.2, 0) is 0 Å². The second-order valence-electron chi connectivity index (χ2n) is 5.34. The Morgan fingerprint density at radius 3 is 1.62 bits per heavy atom. The highest BCUT2D eigenvalue weighted by Gasteiger charge is 2.41. The second-order valence-corrected chi connectivity index (χ2v) is 11.2. The van der Waals surface area contributed by atoms with Gasteiger partial charge < -0.3 is 5.11 Å². The first-order valence-corrected chi connectivity index (χ1v) is 8.82. The van der Waals surface area contributed by atoms with Crippen LogP contribution in [-0.4, -0.2) is 25.2 Å². The van der Waals surface area contributed by atoms with Crippen LogP contribution >= 0.6 is 11.6 Å². The van der Waals surface area contributed by atoms with Crippen LogP contribution < -0.4 is 0 Å². The molecule has 0 aromatic heterocycles. The molecule has 0 heterocycles. The third kappa shape index (κ3) is 3.51. The molecule has 0 aliphatic carbocycles. The molecular weight excluding hydrogens is 236 g/mol. The van der Waals surface area contributed by atoms with Crippen molar-refractivity contribution < 1.29 is 5.11 Å². The van der Waals surface area contributed by atoms with Crippen LogP contribution in [0.2, 0.25) is 16.6 Å². The van der Waals surface area contributed by atoms with Gasteiger partial charge in [-0.3, -0.25) is 0 Å². The van der Waals surface area contributed by atoms with E-state index in [1.54, 1.807) is 0 Å². The lowest BCUT2D eigenvalue weighted by Crippen LogP contribution is -2.43. The van der Waals surface area contributed by atoms with E-state index in [1.807, 2.05) is 0 Å². The van der Waals surface area contributed by atoms with Crippen molar-refractivity contribution in [2.45, 2.75) is 64.3 Å². The molecule has 94 valence electrons. The lowest BCUT2D eigenvalue weighted by Gasteiger charge is -2.38. The van der Waals surface area contributed by atoms with E-state index >= 15 is 0 Å². The first-order valence-electron chi connectivity index (χ1n) is 6.05. The van der Waals surface area contributed by atoms with E-state index in [9.17, 15) is 5.11 Å². The zero-order chi connectivity index (χ0) is 12.9. The van der Waals surface area contributed by atoms with Gasteiger partial charge in [0.2, 0.25) is 0 Å². The minimum Gasteiger partial charge on any atom is -0.379 e. The molecule has 0 bridgehead atoms. The first kappa shape index (κ1) is 16.0. The highest BCUT2D eigenvalue weighted by molar-refractivity contribution is 6.90. The van der Waals surface area contributed by atoms with Gasteiger partial charge in [0.25, 0.3) is 0 Å². The maximum absolute atomic E-state index is 9.48. The number of hydrogen-bond donors (Lipinski definition) is 1. The van der Waals surface area contributed by atoms with Crippen LogP contribution in [0.25, 0.3) is 0 Å². The fraction of sp³-hybridized carbons (Fsp3) is 0.846. The van der Waals surface area contributed by atoms with E-state index in [-0.39, 0.29) is 5.88 Å². The molecule has 0 fully saturated rings. The summed E-state index contributed by atoms with van der Waals surface area (Å²) in [6.07, 6.45) is -0.676. The van der Waals surface area contributed by atoms with Crippen LogP contribution in [0.1, 0.15) is 41.5 Å². The van der Waals surface area contributed by atoms with Crippen LogP contribution in [0.4, 0.5) is 0 Å². The maximum Gasteiger partial charge on any atom is 0.146 e. The normalized spacial score (nSPS) is 14.2. The smallest absolute Gasteiger partial charge is 0.146 e. The van der Waals surface area contributed by atoms with Gasteiger partial charge in [-0.15, -0.1) is 17.1 Å². The summed E-state index contributed by atoms with van der Waals surface area (Å²) in [7, 11) is -1.69. The molecule has 0 radical (unpaired) electrons. The second kappa shape index (κ2) is 6.69. The summed E-state index contributed by atoms with van der Waals surface area (Å²) in [6, 6.07) is 0. The Morgan fingerprint density at radius 2 is 1.38 bits per heavy atom. The lowest BCUT2D eigenvalue weighted by molar-refractivity contribution is 0.256. The third-order valence-corrected chi connectivity index (χ3v) is 10.1. The van der Waals surface area contributed by atoms with Crippen molar-refractivity contribution >= 4 is 19.7 Å². The average Bonchev–Trinajstić information content (AvgIpc) is 2.16. The molecule has 0 aromatic rings.